The molecule has 0 spiro atoms. The molecule has 0 radical (unpaired) electrons. The normalized spacial score (nSPS) is 23.4. The zero-order chi connectivity index (χ0) is 17.7. The van der Waals surface area contributed by atoms with E-state index in [9.17, 15) is 13.2 Å². The minimum absolute atomic E-state index is 0.0431. The number of hydrogen-bond acceptors (Lipinski definition) is 5. The molecule has 0 bridgehead atoms. The monoisotopic (exact) mass is 387 g/mol. The van der Waals surface area contributed by atoms with Crippen LogP contribution in [0.2, 0.25) is 0 Å². The molecule has 0 saturated carbocycles. The number of morpholine rings is 1. The molecule has 1 amide bonds. The summed E-state index contributed by atoms with van der Waals surface area (Å²) in [6, 6.07) is 4.05. The van der Waals surface area contributed by atoms with Gasteiger partial charge in [0.1, 0.15) is 0 Å². The van der Waals surface area contributed by atoms with E-state index in [0.29, 0.717) is 45.8 Å². The molecular weight excluding hydrogens is 362 g/mol. The Morgan fingerprint density at radius 1 is 1.28 bits per heavy atom. The average Bonchev–Trinajstić information content (AvgIpc) is 3.16. The Balaban J connectivity index is 1.52. The number of piperidine rings is 1. The highest BCUT2D eigenvalue weighted by molar-refractivity contribution is 7.86. The summed E-state index contributed by atoms with van der Waals surface area (Å²) in [6.07, 6.45) is 2.26. The van der Waals surface area contributed by atoms with Crippen LogP contribution in [0.4, 0.5) is 0 Å². The van der Waals surface area contributed by atoms with Gasteiger partial charge in [-0.25, -0.2) is 0 Å². The number of nitrogens with zero attached hydrogens (tertiary/aromatic N) is 2. The number of thiophene rings is 1. The summed E-state index contributed by atoms with van der Waals surface area (Å²) in [7, 11) is -3.50. The van der Waals surface area contributed by atoms with Crippen molar-refractivity contribution >= 4 is 27.5 Å². The maximum absolute atomic E-state index is 12.7. The predicted octanol–water partition coefficient (Wildman–Crippen LogP) is 0.696. The average molecular weight is 388 g/mol. The number of ether oxygens (including phenoxy) is 1. The standard InChI is InChI=1S/C16H25N3O4S2/c20-16(17-6-5-15-4-2-12-24-15)14-3-1-7-19(13-14)25(21,22)18-8-10-23-11-9-18/h2,4,12,14H,1,3,5-11,13H2,(H,17,20)/t14-/m1/s1. The molecule has 7 nitrogen and oxygen atoms in total. The molecule has 2 aliphatic heterocycles. The highest BCUT2D eigenvalue weighted by atomic mass is 32.2. The molecule has 1 N–H and O–H groups in total. The quantitative estimate of drug-likeness (QED) is 0.779. The van der Waals surface area contributed by atoms with Gasteiger partial charge in [0.25, 0.3) is 10.2 Å². The lowest BCUT2D eigenvalue weighted by molar-refractivity contribution is -0.126. The maximum Gasteiger partial charge on any atom is 0.282 e. The van der Waals surface area contributed by atoms with Crippen LogP contribution in [0.1, 0.15) is 17.7 Å². The summed E-state index contributed by atoms with van der Waals surface area (Å²) in [5, 5.41) is 4.98. The van der Waals surface area contributed by atoms with Gasteiger partial charge in [0, 0.05) is 37.6 Å². The molecule has 2 aliphatic rings. The minimum atomic E-state index is -3.50. The Morgan fingerprint density at radius 2 is 2.08 bits per heavy atom. The molecule has 1 atom stereocenters. The number of hydrogen-bond donors (Lipinski definition) is 1. The summed E-state index contributed by atoms with van der Waals surface area (Å²) < 4.78 is 33.6. The van der Waals surface area contributed by atoms with E-state index in [1.165, 1.54) is 13.5 Å². The van der Waals surface area contributed by atoms with Crippen LogP contribution >= 0.6 is 11.3 Å². The van der Waals surface area contributed by atoms with Crippen LogP contribution in [0, 0.1) is 5.92 Å². The number of rotatable bonds is 6. The molecule has 3 rings (SSSR count). The van der Waals surface area contributed by atoms with E-state index in [-0.39, 0.29) is 18.4 Å². The van der Waals surface area contributed by atoms with Gasteiger partial charge >= 0.3 is 0 Å². The van der Waals surface area contributed by atoms with Crippen LogP contribution in [0.5, 0.6) is 0 Å². The topological polar surface area (TPSA) is 79.0 Å². The fourth-order valence-corrected chi connectivity index (χ4v) is 5.59. The van der Waals surface area contributed by atoms with Gasteiger partial charge in [0.15, 0.2) is 0 Å². The zero-order valence-corrected chi connectivity index (χ0v) is 15.9. The van der Waals surface area contributed by atoms with Crippen LogP contribution < -0.4 is 5.32 Å². The smallest absolute Gasteiger partial charge is 0.282 e. The van der Waals surface area contributed by atoms with E-state index in [1.807, 2.05) is 17.5 Å². The molecule has 1 aromatic rings. The first-order chi connectivity index (χ1) is 12.1. The molecule has 9 heteroatoms. The van der Waals surface area contributed by atoms with Crippen LogP contribution in [-0.4, -0.2) is 68.9 Å². The van der Waals surface area contributed by atoms with E-state index < -0.39 is 10.2 Å². The third-order valence-corrected chi connectivity index (χ3v) is 7.57. The van der Waals surface area contributed by atoms with Crippen molar-refractivity contribution in [2.45, 2.75) is 19.3 Å². The first-order valence-corrected chi connectivity index (χ1v) is 11.0. The van der Waals surface area contributed by atoms with Gasteiger partial charge in [0.05, 0.1) is 19.1 Å². The maximum atomic E-state index is 12.7. The minimum Gasteiger partial charge on any atom is -0.379 e. The molecule has 25 heavy (non-hydrogen) atoms. The van der Waals surface area contributed by atoms with Gasteiger partial charge in [-0.3, -0.25) is 4.79 Å². The van der Waals surface area contributed by atoms with Crippen LogP contribution in [0.3, 0.4) is 0 Å². The first-order valence-electron chi connectivity index (χ1n) is 8.70. The Hall–Kier alpha value is -1.00. The molecule has 140 valence electrons. The molecule has 1 aromatic heterocycles. The number of amides is 1. The Morgan fingerprint density at radius 3 is 2.80 bits per heavy atom. The number of carbonyl (C=O) groups excluding carboxylic acids is 1. The first kappa shape index (κ1) is 18.8. The van der Waals surface area contributed by atoms with Gasteiger partial charge < -0.3 is 10.1 Å². The van der Waals surface area contributed by atoms with Crippen molar-refractivity contribution in [1.82, 2.24) is 13.9 Å². The summed E-state index contributed by atoms with van der Waals surface area (Å²) in [4.78, 5) is 13.6. The van der Waals surface area contributed by atoms with Crippen molar-refractivity contribution in [2.24, 2.45) is 5.92 Å². The van der Waals surface area contributed by atoms with E-state index >= 15 is 0 Å². The van der Waals surface area contributed by atoms with Crippen LogP contribution in [0.15, 0.2) is 17.5 Å². The van der Waals surface area contributed by atoms with Gasteiger partial charge in [-0.15, -0.1) is 11.3 Å². The SMILES string of the molecule is O=C(NCCc1cccs1)[C@@H]1CCCN(S(=O)(=O)N2CCOCC2)C1. The lowest BCUT2D eigenvalue weighted by Crippen LogP contribution is -2.53. The van der Waals surface area contributed by atoms with E-state index in [2.05, 4.69) is 5.32 Å². The van der Waals surface area contributed by atoms with Crippen LogP contribution in [-0.2, 0) is 26.2 Å². The summed E-state index contributed by atoms with van der Waals surface area (Å²) in [5.41, 5.74) is 0. The molecule has 2 saturated heterocycles. The Labute approximate surface area is 153 Å². The molecule has 0 aromatic carbocycles. The lowest BCUT2D eigenvalue weighted by Gasteiger charge is -2.36. The number of nitrogens with one attached hydrogen (secondary N) is 1. The summed E-state index contributed by atoms with van der Waals surface area (Å²) in [5.74, 6) is -0.314. The van der Waals surface area contributed by atoms with Crippen molar-refractivity contribution < 1.29 is 17.9 Å². The Bertz CT molecular complexity index is 657. The van der Waals surface area contributed by atoms with Crippen molar-refractivity contribution in [1.29, 1.82) is 0 Å². The second-order valence-corrected chi connectivity index (χ2v) is 9.30. The molecule has 2 fully saturated rings. The Kier molecular flexibility index (Phi) is 6.45. The van der Waals surface area contributed by atoms with Crippen molar-refractivity contribution in [3.05, 3.63) is 22.4 Å². The largest absolute Gasteiger partial charge is 0.379 e. The third-order valence-electron chi connectivity index (χ3n) is 4.63. The number of carbonyl (C=O) groups is 1. The van der Waals surface area contributed by atoms with E-state index in [0.717, 1.165) is 12.8 Å². The third kappa shape index (κ3) is 4.79. The van der Waals surface area contributed by atoms with Gasteiger partial charge in [-0.2, -0.15) is 17.0 Å². The second kappa shape index (κ2) is 8.59. The zero-order valence-electron chi connectivity index (χ0n) is 14.2. The fraction of sp³-hybridized carbons (Fsp3) is 0.688. The molecular formula is C16H25N3O4S2. The van der Waals surface area contributed by atoms with E-state index in [1.54, 1.807) is 11.3 Å². The summed E-state index contributed by atoms with van der Waals surface area (Å²) in [6.45, 7) is 2.97. The van der Waals surface area contributed by atoms with Crippen molar-refractivity contribution in [3.63, 3.8) is 0 Å². The second-order valence-electron chi connectivity index (χ2n) is 6.34. The molecule has 0 aliphatic carbocycles. The summed E-state index contributed by atoms with van der Waals surface area (Å²) >= 11 is 1.68. The van der Waals surface area contributed by atoms with Gasteiger partial charge in [-0.1, -0.05) is 6.07 Å². The highest BCUT2D eigenvalue weighted by Gasteiger charge is 2.36. The van der Waals surface area contributed by atoms with Crippen molar-refractivity contribution in [3.8, 4) is 0 Å². The van der Waals surface area contributed by atoms with Gasteiger partial charge in [-0.05, 0) is 30.7 Å². The van der Waals surface area contributed by atoms with Crippen LogP contribution in [0.25, 0.3) is 0 Å². The molecule has 3 heterocycles. The molecule has 0 unspecified atom stereocenters. The predicted molar refractivity (Wildman–Crippen MR) is 96.6 cm³/mol. The van der Waals surface area contributed by atoms with E-state index in [4.69, 9.17) is 4.74 Å². The highest BCUT2D eigenvalue weighted by Crippen LogP contribution is 2.22. The fourth-order valence-electron chi connectivity index (χ4n) is 3.21. The lowest BCUT2D eigenvalue weighted by atomic mass is 9.99. The van der Waals surface area contributed by atoms with Gasteiger partial charge in [0.2, 0.25) is 5.91 Å². The van der Waals surface area contributed by atoms with Crippen molar-refractivity contribution in [2.75, 3.05) is 45.9 Å².